The highest BCUT2D eigenvalue weighted by Gasteiger charge is 2.53. The average Bonchev–Trinajstić information content (AvgIpc) is 3.41. The van der Waals surface area contributed by atoms with Crippen LogP contribution in [0.25, 0.3) is 0 Å². The zero-order chi connectivity index (χ0) is 24.2. The van der Waals surface area contributed by atoms with E-state index in [1.165, 1.54) is 0 Å². The molecule has 0 saturated heterocycles. The molecule has 9 heteroatoms. The number of rotatable bonds is 6. The number of hydrogen-bond acceptors (Lipinski definition) is 9. The second-order valence-corrected chi connectivity index (χ2v) is 9.56. The van der Waals surface area contributed by atoms with Gasteiger partial charge in [0.2, 0.25) is 0 Å². The van der Waals surface area contributed by atoms with Crippen LogP contribution in [0.5, 0.6) is 0 Å². The van der Waals surface area contributed by atoms with Crippen LogP contribution in [-0.4, -0.2) is 54.3 Å². The summed E-state index contributed by atoms with van der Waals surface area (Å²) in [5.41, 5.74) is 21.6. The molecule has 0 spiro atoms. The molecule has 9 nitrogen and oxygen atoms in total. The van der Waals surface area contributed by atoms with Crippen LogP contribution in [0, 0.1) is 0 Å². The second-order valence-electron chi connectivity index (χ2n) is 9.56. The van der Waals surface area contributed by atoms with Gasteiger partial charge in [0, 0.05) is 38.5 Å². The summed E-state index contributed by atoms with van der Waals surface area (Å²) in [4.78, 5) is 38.2. The Morgan fingerprint density at radius 1 is 0.545 bits per heavy atom. The van der Waals surface area contributed by atoms with Crippen molar-refractivity contribution in [2.24, 2.45) is 17.2 Å². The molecule has 0 aliphatic heterocycles. The van der Waals surface area contributed by atoms with Gasteiger partial charge < -0.3 is 31.4 Å². The largest absolute Gasteiger partial charge is 0.465 e. The zero-order valence-electron chi connectivity index (χ0n) is 19.5. The molecule has 0 fully saturated rings. The molecule has 180 valence electrons. The third-order valence-electron chi connectivity index (χ3n) is 7.18. The Morgan fingerprint density at radius 2 is 0.727 bits per heavy atom. The van der Waals surface area contributed by atoms with Gasteiger partial charge in [0.15, 0.2) is 0 Å². The van der Waals surface area contributed by atoms with Crippen molar-refractivity contribution in [3.05, 3.63) is 33.4 Å². The number of benzene rings is 1. The minimum atomic E-state index is -1.21. The molecule has 0 heterocycles. The fourth-order valence-electron chi connectivity index (χ4n) is 5.71. The Balaban J connectivity index is 1.82. The first kappa shape index (κ1) is 23.7. The van der Waals surface area contributed by atoms with Gasteiger partial charge in [-0.25, -0.2) is 0 Å². The topological polar surface area (TPSA) is 157 Å². The summed E-state index contributed by atoms with van der Waals surface area (Å²) in [6.45, 7) is 5.91. The van der Waals surface area contributed by atoms with Crippen LogP contribution in [0.1, 0.15) is 54.2 Å². The quantitative estimate of drug-likeness (QED) is 0.386. The summed E-state index contributed by atoms with van der Waals surface area (Å²) in [7, 11) is 0. The molecule has 33 heavy (non-hydrogen) atoms. The second kappa shape index (κ2) is 8.07. The Hall–Kier alpha value is -2.49. The van der Waals surface area contributed by atoms with Crippen LogP contribution in [0.4, 0.5) is 0 Å². The molecule has 3 aliphatic carbocycles. The van der Waals surface area contributed by atoms with Crippen molar-refractivity contribution in [2.75, 3.05) is 19.8 Å². The van der Waals surface area contributed by atoms with Gasteiger partial charge in [0.1, 0.15) is 16.6 Å². The summed E-state index contributed by atoms with van der Waals surface area (Å²) < 4.78 is 15.8. The summed E-state index contributed by atoms with van der Waals surface area (Å²) in [6, 6.07) is 0. The molecule has 0 saturated carbocycles. The maximum Gasteiger partial charge on any atom is 0.326 e. The van der Waals surface area contributed by atoms with Crippen molar-refractivity contribution >= 4 is 17.9 Å². The van der Waals surface area contributed by atoms with E-state index in [2.05, 4.69) is 0 Å². The van der Waals surface area contributed by atoms with Crippen LogP contribution in [0.2, 0.25) is 0 Å². The number of esters is 3. The molecule has 0 atom stereocenters. The Morgan fingerprint density at radius 3 is 0.879 bits per heavy atom. The van der Waals surface area contributed by atoms with Crippen molar-refractivity contribution in [1.29, 1.82) is 0 Å². The third kappa shape index (κ3) is 3.62. The number of ether oxygens (including phenoxy) is 3. The van der Waals surface area contributed by atoms with Crippen molar-refractivity contribution in [1.82, 2.24) is 0 Å². The number of hydrogen-bond donors (Lipinski definition) is 3. The van der Waals surface area contributed by atoms with E-state index in [1.807, 2.05) is 0 Å². The molecule has 4 rings (SSSR count). The smallest absolute Gasteiger partial charge is 0.326 e. The van der Waals surface area contributed by atoms with Crippen LogP contribution >= 0.6 is 0 Å². The molecular formula is C24H33N3O6. The molecule has 0 bridgehead atoms. The Bertz CT molecular complexity index is 840. The van der Waals surface area contributed by atoms with Gasteiger partial charge in [0.25, 0.3) is 0 Å². The van der Waals surface area contributed by atoms with Gasteiger partial charge in [-0.2, -0.15) is 0 Å². The van der Waals surface area contributed by atoms with Crippen LogP contribution in [0.15, 0.2) is 0 Å². The summed E-state index contributed by atoms with van der Waals surface area (Å²) >= 11 is 0. The number of carbonyl (C=O) groups is 3. The van der Waals surface area contributed by atoms with E-state index in [0.29, 0.717) is 0 Å². The highest BCUT2D eigenvalue weighted by molar-refractivity contribution is 5.88. The first-order valence-corrected chi connectivity index (χ1v) is 11.6. The van der Waals surface area contributed by atoms with Crippen molar-refractivity contribution in [2.45, 2.75) is 75.9 Å². The van der Waals surface area contributed by atoms with E-state index in [1.54, 1.807) is 20.8 Å². The lowest BCUT2D eigenvalue weighted by Gasteiger charge is -2.22. The molecule has 1 aromatic rings. The summed E-state index contributed by atoms with van der Waals surface area (Å²) in [5.74, 6) is -1.39. The maximum atomic E-state index is 12.7. The van der Waals surface area contributed by atoms with Crippen molar-refractivity contribution < 1.29 is 28.6 Å². The van der Waals surface area contributed by atoms with Crippen LogP contribution in [-0.2, 0) is 67.1 Å². The highest BCUT2D eigenvalue weighted by Crippen LogP contribution is 2.48. The minimum absolute atomic E-state index is 0.230. The maximum absolute atomic E-state index is 12.7. The van der Waals surface area contributed by atoms with E-state index in [0.717, 1.165) is 33.4 Å². The average molecular weight is 460 g/mol. The summed E-state index contributed by atoms with van der Waals surface area (Å²) in [5, 5.41) is 0. The monoisotopic (exact) mass is 459 g/mol. The van der Waals surface area contributed by atoms with E-state index >= 15 is 0 Å². The molecule has 0 amide bonds. The molecular weight excluding hydrogens is 426 g/mol. The molecule has 0 radical (unpaired) electrons. The van der Waals surface area contributed by atoms with Crippen molar-refractivity contribution in [3.63, 3.8) is 0 Å². The highest BCUT2D eigenvalue weighted by atomic mass is 16.5. The van der Waals surface area contributed by atoms with Gasteiger partial charge in [-0.05, 0) is 54.2 Å². The lowest BCUT2D eigenvalue weighted by Crippen LogP contribution is -2.50. The van der Waals surface area contributed by atoms with Gasteiger partial charge in [-0.3, -0.25) is 14.4 Å². The van der Waals surface area contributed by atoms with Gasteiger partial charge in [-0.15, -0.1) is 0 Å². The summed E-state index contributed by atoms with van der Waals surface area (Å²) in [6.07, 6.45) is 1.71. The van der Waals surface area contributed by atoms with Gasteiger partial charge in [0.05, 0.1) is 19.8 Å². The minimum Gasteiger partial charge on any atom is -0.465 e. The first-order chi connectivity index (χ1) is 15.5. The van der Waals surface area contributed by atoms with Crippen LogP contribution in [0.3, 0.4) is 0 Å². The fourth-order valence-corrected chi connectivity index (χ4v) is 5.71. The number of carbonyl (C=O) groups excluding carboxylic acids is 3. The zero-order valence-corrected chi connectivity index (χ0v) is 19.5. The molecule has 0 unspecified atom stereocenters. The lowest BCUT2D eigenvalue weighted by molar-refractivity contribution is -0.150. The Kier molecular flexibility index (Phi) is 5.79. The van der Waals surface area contributed by atoms with Crippen molar-refractivity contribution in [3.8, 4) is 0 Å². The van der Waals surface area contributed by atoms with E-state index in [9.17, 15) is 14.4 Å². The first-order valence-electron chi connectivity index (χ1n) is 11.6. The van der Waals surface area contributed by atoms with Crippen LogP contribution < -0.4 is 17.2 Å². The van der Waals surface area contributed by atoms with Gasteiger partial charge in [-0.1, -0.05) is 0 Å². The number of nitrogens with two attached hydrogens (primary N) is 3. The van der Waals surface area contributed by atoms with E-state index < -0.39 is 34.5 Å². The predicted octanol–water partition coefficient (Wildman–Crippen LogP) is -0.236. The Labute approximate surface area is 193 Å². The molecule has 0 aromatic heterocycles. The van der Waals surface area contributed by atoms with Gasteiger partial charge >= 0.3 is 17.9 Å². The lowest BCUT2D eigenvalue weighted by atomic mass is 9.90. The normalized spacial score (nSPS) is 29.3. The standard InChI is InChI=1S/C24H33N3O6/c1-4-31-19(28)22(25)7-13-14(8-22)16-10-24(27,21(30)33-6-3)12-18(16)17-11-23(26,9-15(13)17)20(29)32-5-2/h4-12,25-27H2,1-3H3. The molecule has 6 N–H and O–H groups in total. The predicted molar refractivity (Wildman–Crippen MR) is 119 cm³/mol. The number of fused-ring (bicyclic) bond motifs is 6. The van der Waals surface area contributed by atoms with E-state index in [4.69, 9.17) is 31.4 Å². The molecule has 3 aliphatic rings. The van der Waals surface area contributed by atoms with E-state index in [-0.39, 0.29) is 58.3 Å². The molecule has 1 aromatic carbocycles. The fraction of sp³-hybridized carbons (Fsp3) is 0.625. The SMILES string of the molecule is CCOC(=O)C1(N)Cc2c3c(c4c(c2C1)CC(N)(C(=O)OCC)C4)CC(N)(C(=O)OCC)C3. The third-order valence-corrected chi connectivity index (χ3v) is 7.18.